The lowest BCUT2D eigenvalue weighted by Crippen LogP contribution is -2.62. The van der Waals surface area contributed by atoms with E-state index in [1.165, 1.54) is 0 Å². The SMILES string of the molecule is CCN(CC)CC(=O)O[C@H]1C[C@]2(C)[C@@H](C(C)=O)CC[C@H]2[C@@H]2CC[C@H]3C[C@H](O)[C@@H](OC(C)C)C[C@]3(C)[C@H]21.O=C(O)CC(O)(CC(=O)O)C(=O)O. The highest BCUT2D eigenvalue weighted by Crippen LogP contribution is 2.68. The fraction of sp³-hybridized carbons (Fsp3) is 0.861. The number of fused-ring (bicyclic) bond motifs is 5. The van der Waals surface area contributed by atoms with E-state index in [0.717, 1.165) is 58.0 Å². The molecule has 4 aliphatic carbocycles. The van der Waals surface area contributed by atoms with Crippen molar-refractivity contribution in [2.24, 2.45) is 40.4 Å². The minimum absolute atomic E-state index is 0.0580. The summed E-state index contributed by atoms with van der Waals surface area (Å²) in [5.74, 6) is -3.24. The van der Waals surface area contributed by atoms with Crippen LogP contribution >= 0.6 is 0 Å². The molecule has 13 nitrogen and oxygen atoms in total. The van der Waals surface area contributed by atoms with Gasteiger partial charge in [0.2, 0.25) is 0 Å². The topological polar surface area (TPSA) is 208 Å². The summed E-state index contributed by atoms with van der Waals surface area (Å²) in [5, 5.41) is 44.8. The highest BCUT2D eigenvalue weighted by molar-refractivity contribution is 5.88. The third kappa shape index (κ3) is 9.01. The zero-order chi connectivity index (χ0) is 37.1. The Hall–Kier alpha value is -2.61. The van der Waals surface area contributed by atoms with Gasteiger partial charge in [-0.15, -0.1) is 0 Å². The van der Waals surface area contributed by atoms with E-state index in [-0.39, 0.29) is 52.7 Å². The summed E-state index contributed by atoms with van der Waals surface area (Å²) in [5.41, 5.74) is -2.91. The van der Waals surface area contributed by atoms with Crippen LogP contribution in [0.3, 0.4) is 0 Å². The molecule has 4 fully saturated rings. The Bertz CT molecular complexity index is 1200. The van der Waals surface area contributed by atoms with Crippen LogP contribution in [0.15, 0.2) is 0 Å². The number of ether oxygens (including phenoxy) is 2. The number of ketones is 1. The summed E-state index contributed by atoms with van der Waals surface area (Å²) in [6, 6.07) is 0. The minimum atomic E-state index is -2.74. The summed E-state index contributed by atoms with van der Waals surface area (Å²) in [4.78, 5) is 58.6. The number of carbonyl (C=O) groups excluding carboxylic acids is 2. The van der Waals surface area contributed by atoms with Crippen LogP contribution < -0.4 is 0 Å². The number of rotatable bonds is 13. The molecule has 280 valence electrons. The van der Waals surface area contributed by atoms with Crippen LogP contribution in [-0.2, 0) is 33.4 Å². The molecule has 0 radical (unpaired) electrons. The first-order valence-corrected chi connectivity index (χ1v) is 17.9. The fourth-order valence-corrected chi connectivity index (χ4v) is 10.2. The molecule has 0 aromatic heterocycles. The van der Waals surface area contributed by atoms with Crippen molar-refractivity contribution in [2.45, 2.75) is 136 Å². The molecule has 0 bridgehead atoms. The van der Waals surface area contributed by atoms with Gasteiger partial charge >= 0.3 is 23.9 Å². The van der Waals surface area contributed by atoms with Gasteiger partial charge in [0.25, 0.3) is 0 Å². The smallest absolute Gasteiger partial charge is 0.336 e. The Kier molecular flexibility index (Phi) is 13.5. The lowest BCUT2D eigenvalue weighted by atomic mass is 9.43. The van der Waals surface area contributed by atoms with E-state index in [0.29, 0.717) is 24.3 Å². The van der Waals surface area contributed by atoms with Gasteiger partial charge in [0.1, 0.15) is 11.9 Å². The van der Waals surface area contributed by atoms with E-state index in [1.807, 2.05) is 13.8 Å². The summed E-state index contributed by atoms with van der Waals surface area (Å²) in [6.07, 6.45) is 3.55. The number of aliphatic hydroxyl groups excluding tert-OH is 1. The molecule has 0 spiro atoms. The zero-order valence-electron chi connectivity index (χ0n) is 30.2. The van der Waals surface area contributed by atoms with Crippen LogP contribution in [0, 0.1) is 40.4 Å². The number of carboxylic acids is 3. The number of aliphatic hydroxyl groups is 2. The predicted molar refractivity (Wildman–Crippen MR) is 177 cm³/mol. The molecule has 10 atom stereocenters. The molecule has 0 saturated heterocycles. The molecule has 0 aromatic rings. The van der Waals surface area contributed by atoms with Crippen LogP contribution in [0.1, 0.15) is 106 Å². The Morgan fingerprint density at radius 3 is 1.94 bits per heavy atom. The largest absolute Gasteiger partial charge is 0.481 e. The highest BCUT2D eigenvalue weighted by atomic mass is 16.5. The Labute approximate surface area is 289 Å². The number of Topliss-reactive ketones (excluding diaryl/α,β-unsaturated/α-hetero) is 1. The van der Waals surface area contributed by atoms with Crippen molar-refractivity contribution in [2.75, 3.05) is 19.6 Å². The molecular weight excluding hydrogens is 638 g/mol. The maximum absolute atomic E-state index is 13.3. The van der Waals surface area contributed by atoms with E-state index in [1.54, 1.807) is 6.92 Å². The second kappa shape index (κ2) is 16.2. The number of carbonyl (C=O) groups is 5. The molecular formula is C36H59NO12. The normalized spacial score (nSPS) is 35.3. The first kappa shape index (κ1) is 40.8. The van der Waals surface area contributed by atoms with Crippen molar-refractivity contribution >= 4 is 29.7 Å². The second-order valence-electron chi connectivity index (χ2n) is 15.7. The summed E-state index contributed by atoms with van der Waals surface area (Å²) < 4.78 is 12.7. The van der Waals surface area contributed by atoms with Gasteiger partial charge in [-0.2, -0.15) is 0 Å². The van der Waals surface area contributed by atoms with Crippen molar-refractivity contribution in [3.63, 3.8) is 0 Å². The fourth-order valence-electron chi connectivity index (χ4n) is 10.2. The average molecular weight is 698 g/mol. The average Bonchev–Trinajstić information content (AvgIpc) is 3.32. The van der Waals surface area contributed by atoms with Gasteiger partial charge in [-0.1, -0.05) is 27.7 Å². The van der Waals surface area contributed by atoms with Gasteiger partial charge in [-0.3, -0.25) is 24.1 Å². The van der Waals surface area contributed by atoms with Crippen LogP contribution in [0.5, 0.6) is 0 Å². The molecule has 0 heterocycles. The Balaban J connectivity index is 0.000000425. The lowest BCUT2D eigenvalue weighted by molar-refractivity contribution is -0.217. The van der Waals surface area contributed by atoms with E-state index in [2.05, 4.69) is 32.6 Å². The number of esters is 1. The van der Waals surface area contributed by atoms with E-state index in [9.17, 15) is 29.1 Å². The molecule has 13 heteroatoms. The molecule has 0 aromatic carbocycles. The van der Waals surface area contributed by atoms with Crippen molar-refractivity contribution in [3.05, 3.63) is 0 Å². The molecule has 49 heavy (non-hydrogen) atoms. The number of carboxylic acid groups (broad SMARTS) is 3. The van der Waals surface area contributed by atoms with E-state index in [4.69, 9.17) is 29.9 Å². The predicted octanol–water partition coefficient (Wildman–Crippen LogP) is 3.61. The third-order valence-electron chi connectivity index (χ3n) is 12.3. The second-order valence-corrected chi connectivity index (χ2v) is 15.7. The quantitative estimate of drug-likeness (QED) is 0.175. The van der Waals surface area contributed by atoms with Gasteiger partial charge in [0.05, 0.1) is 37.7 Å². The van der Waals surface area contributed by atoms with E-state index < -0.39 is 42.5 Å². The molecule has 4 rings (SSSR count). The van der Waals surface area contributed by atoms with Crippen molar-refractivity contribution in [1.29, 1.82) is 0 Å². The van der Waals surface area contributed by atoms with Gasteiger partial charge < -0.3 is 35.0 Å². The first-order valence-electron chi connectivity index (χ1n) is 17.9. The number of hydrogen-bond acceptors (Lipinski definition) is 10. The van der Waals surface area contributed by atoms with Crippen molar-refractivity contribution in [1.82, 2.24) is 4.90 Å². The number of nitrogens with zero attached hydrogens (tertiary/aromatic N) is 1. The van der Waals surface area contributed by atoms with E-state index >= 15 is 0 Å². The van der Waals surface area contributed by atoms with Crippen LogP contribution in [0.2, 0.25) is 0 Å². The molecule has 4 saturated carbocycles. The number of hydrogen-bond donors (Lipinski definition) is 5. The van der Waals surface area contributed by atoms with Crippen molar-refractivity contribution < 1.29 is 59.0 Å². The summed E-state index contributed by atoms with van der Waals surface area (Å²) in [6.45, 7) is 16.6. The number of aliphatic carboxylic acids is 3. The first-order chi connectivity index (χ1) is 22.7. The van der Waals surface area contributed by atoms with Gasteiger partial charge in [0.15, 0.2) is 5.60 Å². The Morgan fingerprint density at radius 2 is 1.45 bits per heavy atom. The summed E-state index contributed by atoms with van der Waals surface area (Å²) >= 11 is 0. The maximum Gasteiger partial charge on any atom is 0.336 e. The highest BCUT2D eigenvalue weighted by Gasteiger charge is 2.65. The third-order valence-corrected chi connectivity index (χ3v) is 12.3. The maximum atomic E-state index is 13.3. The molecule has 5 N–H and O–H groups in total. The van der Waals surface area contributed by atoms with Gasteiger partial charge in [-0.25, -0.2) is 4.79 Å². The molecule has 0 aliphatic heterocycles. The van der Waals surface area contributed by atoms with Crippen LogP contribution in [0.4, 0.5) is 0 Å². The standard InChI is InChI=1S/C30H51NO5.C6H8O7/c1-8-31(9-2)17-27(34)36-26-16-30(7)22(19(5)32)12-13-23(30)21-11-10-20-14-24(33)25(35-18(3)4)15-29(20,6)28(21)26;7-3(8)1-6(13,5(11)12)2-4(9)10/h18,20-26,28,33H,8-17H2,1-7H3;13H,1-2H2,(H,7,8)(H,9,10)(H,11,12)/t20-,21-,22+,23-,24-,25-,26-,28+,29-,30+;/m0./s1. The summed E-state index contributed by atoms with van der Waals surface area (Å²) in [7, 11) is 0. The van der Waals surface area contributed by atoms with Crippen LogP contribution in [0.25, 0.3) is 0 Å². The van der Waals surface area contributed by atoms with Crippen LogP contribution in [-0.4, -0.2) is 110 Å². The Morgan fingerprint density at radius 1 is 0.878 bits per heavy atom. The lowest BCUT2D eigenvalue weighted by Gasteiger charge is -2.63. The minimum Gasteiger partial charge on any atom is -0.481 e. The molecule has 0 amide bonds. The monoisotopic (exact) mass is 697 g/mol. The zero-order valence-corrected chi connectivity index (χ0v) is 30.2. The van der Waals surface area contributed by atoms with Gasteiger partial charge in [-0.05, 0) is 107 Å². The number of likely N-dealkylation sites (N-methyl/N-ethyl adjacent to an activating group) is 1. The molecule has 0 unspecified atom stereocenters. The molecule has 4 aliphatic rings. The van der Waals surface area contributed by atoms with Gasteiger partial charge in [0, 0.05) is 11.8 Å². The van der Waals surface area contributed by atoms with Crippen molar-refractivity contribution in [3.8, 4) is 0 Å².